The summed E-state index contributed by atoms with van der Waals surface area (Å²) in [6.45, 7) is 3.63. The quantitative estimate of drug-likeness (QED) is 0.456. The summed E-state index contributed by atoms with van der Waals surface area (Å²) in [5.41, 5.74) is 3.72. The molecule has 2 aromatic carbocycles. The summed E-state index contributed by atoms with van der Waals surface area (Å²) in [5, 5.41) is 16.1. The number of rotatable bonds is 7. The first-order valence-corrected chi connectivity index (χ1v) is 9.53. The van der Waals surface area contributed by atoms with E-state index in [2.05, 4.69) is 10.3 Å². The van der Waals surface area contributed by atoms with E-state index in [1.54, 1.807) is 0 Å². The predicted molar refractivity (Wildman–Crippen MR) is 111 cm³/mol. The molecule has 0 fully saturated rings. The summed E-state index contributed by atoms with van der Waals surface area (Å²) in [4.78, 5) is 27.2. The Morgan fingerprint density at radius 2 is 2.03 bits per heavy atom. The lowest BCUT2D eigenvalue weighted by Gasteiger charge is -2.08. The fourth-order valence-corrected chi connectivity index (χ4v) is 3.38. The van der Waals surface area contributed by atoms with Crippen LogP contribution >= 0.6 is 11.3 Å². The number of aryl methyl sites for hydroxylation is 2. The standard InChI is InChI=1S/C20H19N3O5S/c1-12-4-5-13(2)15(8-12)16-11-29-20(21-16)22-19(24)10-28-18-7-6-14(27-3)9-17(18)23(25)26/h4-9,11H,10H2,1-3H3,(H,21,22,24). The molecule has 0 aliphatic carbocycles. The van der Waals surface area contributed by atoms with Crippen LogP contribution in [0.3, 0.4) is 0 Å². The number of aromatic nitrogens is 1. The zero-order valence-corrected chi connectivity index (χ0v) is 16.9. The van der Waals surface area contributed by atoms with Crippen LogP contribution in [0.25, 0.3) is 11.3 Å². The van der Waals surface area contributed by atoms with Crippen molar-refractivity contribution in [3.05, 3.63) is 63.0 Å². The van der Waals surface area contributed by atoms with Gasteiger partial charge in [0.15, 0.2) is 17.5 Å². The van der Waals surface area contributed by atoms with E-state index in [0.717, 1.165) is 22.4 Å². The first kappa shape index (κ1) is 20.3. The Hall–Kier alpha value is -3.46. The maximum atomic E-state index is 12.2. The van der Waals surface area contributed by atoms with Gasteiger partial charge in [-0.15, -0.1) is 11.3 Å². The third-order valence-corrected chi connectivity index (χ3v) is 4.90. The number of carbonyl (C=O) groups is 1. The summed E-state index contributed by atoms with van der Waals surface area (Å²) < 4.78 is 10.3. The molecular formula is C20H19N3O5S. The minimum atomic E-state index is -0.590. The molecule has 1 amide bonds. The van der Waals surface area contributed by atoms with Gasteiger partial charge in [0.1, 0.15) is 5.75 Å². The summed E-state index contributed by atoms with van der Waals surface area (Å²) >= 11 is 1.30. The van der Waals surface area contributed by atoms with Crippen molar-refractivity contribution in [1.29, 1.82) is 0 Å². The molecule has 0 bridgehead atoms. The minimum absolute atomic E-state index is 0.0128. The Kier molecular flexibility index (Phi) is 6.08. The lowest BCUT2D eigenvalue weighted by Crippen LogP contribution is -2.20. The van der Waals surface area contributed by atoms with Crippen LogP contribution in [-0.4, -0.2) is 29.5 Å². The maximum absolute atomic E-state index is 12.2. The minimum Gasteiger partial charge on any atom is -0.496 e. The highest BCUT2D eigenvalue weighted by molar-refractivity contribution is 7.14. The molecule has 29 heavy (non-hydrogen) atoms. The van der Waals surface area contributed by atoms with Crippen LogP contribution in [0.5, 0.6) is 11.5 Å². The SMILES string of the molecule is COc1ccc(OCC(=O)Nc2nc(-c3cc(C)ccc3C)cs2)c([N+](=O)[O-])c1. The van der Waals surface area contributed by atoms with E-state index in [-0.39, 0.29) is 18.0 Å². The van der Waals surface area contributed by atoms with Gasteiger partial charge in [0.25, 0.3) is 5.91 Å². The van der Waals surface area contributed by atoms with E-state index in [4.69, 9.17) is 9.47 Å². The smallest absolute Gasteiger partial charge is 0.314 e. The second-order valence-corrected chi connectivity index (χ2v) is 7.14. The zero-order valence-electron chi connectivity index (χ0n) is 16.1. The maximum Gasteiger partial charge on any atom is 0.314 e. The van der Waals surface area contributed by atoms with Gasteiger partial charge in [-0.2, -0.15) is 0 Å². The Labute approximate surface area is 171 Å². The molecule has 1 aromatic heterocycles. The zero-order chi connectivity index (χ0) is 21.0. The summed E-state index contributed by atoms with van der Waals surface area (Å²) in [5.74, 6) is -0.145. The van der Waals surface area contributed by atoms with Crippen molar-refractivity contribution >= 4 is 28.1 Å². The van der Waals surface area contributed by atoms with Crippen LogP contribution in [0, 0.1) is 24.0 Å². The third-order valence-electron chi connectivity index (χ3n) is 4.14. The normalized spacial score (nSPS) is 10.4. The highest BCUT2D eigenvalue weighted by atomic mass is 32.1. The van der Waals surface area contributed by atoms with Crippen LogP contribution in [0.15, 0.2) is 41.8 Å². The Morgan fingerprint density at radius 3 is 2.76 bits per heavy atom. The van der Waals surface area contributed by atoms with Crippen molar-refractivity contribution < 1.29 is 19.2 Å². The molecular weight excluding hydrogens is 394 g/mol. The molecule has 8 nitrogen and oxygen atoms in total. The van der Waals surface area contributed by atoms with E-state index in [1.165, 1.54) is 36.6 Å². The van der Waals surface area contributed by atoms with Crippen molar-refractivity contribution in [3.63, 3.8) is 0 Å². The van der Waals surface area contributed by atoms with E-state index >= 15 is 0 Å². The number of nitro benzene ring substituents is 1. The van der Waals surface area contributed by atoms with Gasteiger partial charge < -0.3 is 9.47 Å². The molecule has 0 unspecified atom stereocenters. The molecule has 0 spiro atoms. The predicted octanol–water partition coefficient (Wildman–Crippen LogP) is 4.36. The van der Waals surface area contributed by atoms with E-state index in [1.807, 2.05) is 37.4 Å². The largest absolute Gasteiger partial charge is 0.496 e. The molecule has 3 rings (SSSR count). The molecule has 0 radical (unpaired) electrons. The number of nitro groups is 1. The molecule has 9 heteroatoms. The average Bonchev–Trinajstić information content (AvgIpc) is 3.16. The van der Waals surface area contributed by atoms with Crippen LogP contribution in [-0.2, 0) is 4.79 Å². The number of amides is 1. The number of benzene rings is 2. The van der Waals surface area contributed by atoms with Crippen molar-refractivity contribution in [2.75, 3.05) is 19.0 Å². The molecule has 0 atom stereocenters. The van der Waals surface area contributed by atoms with Gasteiger partial charge >= 0.3 is 5.69 Å². The molecule has 3 aromatic rings. The summed E-state index contributed by atoms with van der Waals surface area (Å²) in [6, 6.07) is 10.3. The van der Waals surface area contributed by atoms with Crippen LogP contribution in [0.1, 0.15) is 11.1 Å². The van der Waals surface area contributed by atoms with Gasteiger partial charge in [-0.25, -0.2) is 4.98 Å². The third kappa shape index (κ3) is 4.88. The molecule has 1 N–H and O–H groups in total. The molecule has 0 aliphatic rings. The lowest BCUT2D eigenvalue weighted by atomic mass is 10.0. The Morgan fingerprint density at radius 1 is 1.24 bits per heavy atom. The fourth-order valence-electron chi connectivity index (χ4n) is 2.65. The molecule has 0 saturated heterocycles. The monoisotopic (exact) mass is 413 g/mol. The van der Waals surface area contributed by atoms with Crippen LogP contribution < -0.4 is 14.8 Å². The highest BCUT2D eigenvalue weighted by Gasteiger charge is 2.18. The van der Waals surface area contributed by atoms with Gasteiger partial charge in [-0.1, -0.05) is 17.7 Å². The van der Waals surface area contributed by atoms with Crippen molar-refractivity contribution in [1.82, 2.24) is 4.98 Å². The molecule has 0 aliphatic heterocycles. The number of nitrogens with one attached hydrogen (secondary N) is 1. The number of carbonyl (C=O) groups excluding carboxylic acids is 1. The second-order valence-electron chi connectivity index (χ2n) is 6.28. The van der Waals surface area contributed by atoms with Crippen molar-refractivity contribution in [3.8, 4) is 22.8 Å². The molecule has 150 valence electrons. The van der Waals surface area contributed by atoms with Gasteiger partial charge in [0.05, 0.1) is 23.8 Å². The highest BCUT2D eigenvalue weighted by Crippen LogP contribution is 2.31. The van der Waals surface area contributed by atoms with Gasteiger partial charge in [-0.3, -0.25) is 20.2 Å². The number of hydrogen-bond donors (Lipinski definition) is 1. The van der Waals surface area contributed by atoms with Crippen molar-refractivity contribution in [2.45, 2.75) is 13.8 Å². The second kappa shape index (κ2) is 8.70. The summed E-state index contributed by atoms with van der Waals surface area (Å²) in [6.07, 6.45) is 0. The number of hydrogen-bond acceptors (Lipinski definition) is 7. The van der Waals surface area contributed by atoms with E-state index in [9.17, 15) is 14.9 Å². The van der Waals surface area contributed by atoms with Crippen molar-refractivity contribution in [2.24, 2.45) is 0 Å². The van der Waals surface area contributed by atoms with E-state index < -0.39 is 10.8 Å². The number of methoxy groups -OCH3 is 1. The molecule has 1 heterocycles. The number of ether oxygens (including phenoxy) is 2. The Bertz CT molecular complexity index is 1060. The number of nitrogens with zero attached hydrogens (tertiary/aromatic N) is 2. The first-order valence-electron chi connectivity index (χ1n) is 8.65. The average molecular weight is 413 g/mol. The topological polar surface area (TPSA) is 104 Å². The van der Waals surface area contributed by atoms with Gasteiger partial charge in [0.2, 0.25) is 0 Å². The van der Waals surface area contributed by atoms with Gasteiger partial charge in [0, 0.05) is 10.9 Å². The van der Waals surface area contributed by atoms with E-state index in [0.29, 0.717) is 10.9 Å². The van der Waals surface area contributed by atoms with Crippen LogP contribution in [0.2, 0.25) is 0 Å². The first-order chi connectivity index (χ1) is 13.9. The molecule has 0 saturated carbocycles. The summed E-state index contributed by atoms with van der Waals surface area (Å²) in [7, 11) is 1.41. The lowest BCUT2D eigenvalue weighted by molar-refractivity contribution is -0.385. The van der Waals surface area contributed by atoms with Crippen LogP contribution in [0.4, 0.5) is 10.8 Å². The number of anilines is 1. The van der Waals surface area contributed by atoms with Gasteiger partial charge in [-0.05, 0) is 37.6 Å². The fraction of sp³-hybridized carbons (Fsp3) is 0.200. The number of thiazole rings is 1. The Balaban J connectivity index is 1.66.